The van der Waals surface area contributed by atoms with Crippen LogP contribution in [0.5, 0.6) is 0 Å². The molecule has 2 fully saturated rings. The Morgan fingerprint density at radius 1 is 1.00 bits per heavy atom. The van der Waals surface area contributed by atoms with Crippen molar-refractivity contribution in [3.8, 4) is 0 Å². The van der Waals surface area contributed by atoms with E-state index in [1.54, 1.807) is 0 Å². The van der Waals surface area contributed by atoms with E-state index in [2.05, 4.69) is 55.4 Å². The largest absolute Gasteiger partial charge is 0.352 e. The van der Waals surface area contributed by atoms with E-state index >= 15 is 0 Å². The minimum Gasteiger partial charge on any atom is -0.352 e. The number of carbonyl (C=O) groups excluding carboxylic acids is 3. The first kappa shape index (κ1) is 29.9. The Morgan fingerprint density at radius 3 is 1.91 bits per heavy atom. The molecular formula is C26H45N3O3. The van der Waals surface area contributed by atoms with Crippen LogP contribution in [0.15, 0.2) is 24.3 Å². The standard InChI is InChI=1S/C20H33N3O.C4H8.2CH2O/c1-20(2,3)18-7-5-17(6-8-18)19(24)22-15-16-9-12-23(13-10-16)14-11-21-4;1-4-2-3-4;2*1-2/h5-8,16,21H,9-15H2,1-4H3,(H,22,24);4H,2-3H2,1H3;2*1H2. The lowest BCUT2D eigenvalue weighted by Gasteiger charge is -2.31. The lowest BCUT2D eigenvalue weighted by atomic mass is 9.86. The fourth-order valence-corrected chi connectivity index (χ4v) is 3.31. The van der Waals surface area contributed by atoms with Crippen LogP contribution in [-0.4, -0.2) is 64.2 Å². The SMILES string of the molecule is C=O.C=O.CC1CC1.CNCCN1CCC(CNC(=O)c2ccc(C(C)(C)C)cc2)CC1. The average molecular weight is 448 g/mol. The molecule has 1 aromatic rings. The van der Waals surface area contributed by atoms with Crippen molar-refractivity contribution in [2.45, 2.75) is 58.8 Å². The smallest absolute Gasteiger partial charge is 0.251 e. The molecule has 1 aliphatic heterocycles. The van der Waals surface area contributed by atoms with Gasteiger partial charge < -0.3 is 25.1 Å². The van der Waals surface area contributed by atoms with Crippen molar-refractivity contribution >= 4 is 19.5 Å². The average Bonchev–Trinajstić information content (AvgIpc) is 3.61. The van der Waals surface area contributed by atoms with Crippen molar-refractivity contribution in [3.63, 3.8) is 0 Å². The van der Waals surface area contributed by atoms with E-state index in [9.17, 15) is 4.79 Å². The highest BCUT2D eigenvalue weighted by molar-refractivity contribution is 5.94. The van der Waals surface area contributed by atoms with Crippen LogP contribution in [0.1, 0.15) is 69.3 Å². The van der Waals surface area contributed by atoms with E-state index < -0.39 is 0 Å². The fourth-order valence-electron chi connectivity index (χ4n) is 3.31. The predicted octanol–water partition coefficient (Wildman–Crippen LogP) is 3.69. The molecule has 32 heavy (non-hydrogen) atoms. The molecule has 1 heterocycles. The van der Waals surface area contributed by atoms with Crippen LogP contribution in [0.2, 0.25) is 0 Å². The van der Waals surface area contributed by atoms with Gasteiger partial charge in [-0.05, 0) is 67.9 Å². The first-order chi connectivity index (χ1) is 15.3. The number of amides is 1. The molecule has 0 unspecified atom stereocenters. The number of carbonyl (C=O) groups is 3. The minimum absolute atomic E-state index is 0.0491. The van der Waals surface area contributed by atoms with Gasteiger partial charge in [0.2, 0.25) is 0 Å². The van der Waals surface area contributed by atoms with E-state index in [0.29, 0.717) is 5.92 Å². The number of hydrogen-bond donors (Lipinski definition) is 2. The molecule has 1 aromatic carbocycles. The van der Waals surface area contributed by atoms with E-state index in [-0.39, 0.29) is 11.3 Å². The lowest BCUT2D eigenvalue weighted by molar-refractivity contribution is -0.0987. The predicted molar refractivity (Wildman–Crippen MR) is 133 cm³/mol. The number of likely N-dealkylation sites (N-methyl/N-ethyl adjacent to an activating group) is 1. The molecule has 182 valence electrons. The van der Waals surface area contributed by atoms with Gasteiger partial charge in [-0.1, -0.05) is 52.7 Å². The molecule has 0 aromatic heterocycles. The van der Waals surface area contributed by atoms with Crippen molar-refractivity contribution in [3.05, 3.63) is 35.4 Å². The summed E-state index contributed by atoms with van der Waals surface area (Å²) in [5.74, 6) is 1.74. The molecule has 0 radical (unpaired) electrons. The summed E-state index contributed by atoms with van der Waals surface area (Å²) in [5.41, 5.74) is 2.14. The van der Waals surface area contributed by atoms with Crippen molar-refractivity contribution in [1.29, 1.82) is 0 Å². The van der Waals surface area contributed by atoms with Gasteiger partial charge in [-0.3, -0.25) is 4.79 Å². The van der Waals surface area contributed by atoms with Crippen LogP contribution in [0.4, 0.5) is 0 Å². The van der Waals surface area contributed by atoms with Gasteiger partial charge in [-0.15, -0.1) is 0 Å². The second kappa shape index (κ2) is 16.6. The summed E-state index contributed by atoms with van der Waals surface area (Å²) >= 11 is 0. The van der Waals surface area contributed by atoms with Gasteiger partial charge in [0.15, 0.2) is 0 Å². The third kappa shape index (κ3) is 12.7. The maximum absolute atomic E-state index is 12.3. The van der Waals surface area contributed by atoms with Gasteiger partial charge >= 0.3 is 0 Å². The zero-order valence-electron chi connectivity index (χ0n) is 20.9. The molecule has 6 heteroatoms. The Labute approximate surface area is 195 Å². The summed E-state index contributed by atoms with van der Waals surface area (Å²) in [4.78, 5) is 30.8. The summed E-state index contributed by atoms with van der Waals surface area (Å²) < 4.78 is 0. The summed E-state index contributed by atoms with van der Waals surface area (Å²) in [6, 6.07) is 8.01. The third-order valence-corrected chi connectivity index (χ3v) is 5.82. The fraction of sp³-hybridized carbons (Fsp3) is 0.654. The molecular weight excluding hydrogens is 402 g/mol. The van der Waals surface area contributed by atoms with Gasteiger partial charge in [0.05, 0.1) is 0 Å². The number of likely N-dealkylation sites (tertiary alicyclic amines) is 1. The maximum Gasteiger partial charge on any atom is 0.251 e. The Kier molecular flexibility index (Phi) is 15.5. The zero-order chi connectivity index (χ0) is 24.6. The topological polar surface area (TPSA) is 78.5 Å². The molecule has 3 rings (SSSR count). The highest BCUT2D eigenvalue weighted by Crippen LogP contribution is 2.26. The molecule has 2 aliphatic rings. The van der Waals surface area contributed by atoms with E-state index in [1.165, 1.54) is 31.2 Å². The molecule has 0 bridgehead atoms. The number of benzene rings is 1. The molecule has 2 N–H and O–H groups in total. The highest BCUT2D eigenvalue weighted by atomic mass is 16.1. The maximum atomic E-state index is 12.3. The van der Waals surface area contributed by atoms with E-state index in [4.69, 9.17) is 9.59 Å². The first-order valence-electron chi connectivity index (χ1n) is 11.6. The van der Waals surface area contributed by atoms with Gasteiger partial charge in [0.25, 0.3) is 5.91 Å². The van der Waals surface area contributed by atoms with Crippen molar-refractivity contribution < 1.29 is 14.4 Å². The Balaban J connectivity index is 0.00000103. The van der Waals surface area contributed by atoms with Crippen molar-refractivity contribution in [1.82, 2.24) is 15.5 Å². The van der Waals surface area contributed by atoms with Crippen LogP contribution in [0.25, 0.3) is 0 Å². The molecule has 1 saturated heterocycles. The van der Waals surface area contributed by atoms with E-state index in [0.717, 1.165) is 44.2 Å². The number of piperidine rings is 1. The number of rotatable bonds is 6. The number of nitrogens with one attached hydrogen (secondary N) is 2. The first-order valence-corrected chi connectivity index (χ1v) is 11.6. The van der Waals surface area contributed by atoms with Crippen LogP contribution < -0.4 is 10.6 Å². The van der Waals surface area contributed by atoms with E-state index in [1.807, 2.05) is 32.8 Å². The normalized spacial score (nSPS) is 16.3. The minimum atomic E-state index is 0.0491. The quantitative estimate of drug-likeness (QED) is 0.695. The van der Waals surface area contributed by atoms with Gasteiger partial charge in [-0.2, -0.15) is 0 Å². The van der Waals surface area contributed by atoms with Gasteiger partial charge in [0.1, 0.15) is 13.6 Å². The zero-order valence-corrected chi connectivity index (χ0v) is 20.9. The number of hydrogen-bond acceptors (Lipinski definition) is 5. The molecule has 0 spiro atoms. The summed E-state index contributed by atoms with van der Waals surface area (Å²) in [7, 11) is 2.00. The van der Waals surface area contributed by atoms with Crippen LogP contribution in [-0.2, 0) is 15.0 Å². The monoisotopic (exact) mass is 447 g/mol. The molecule has 6 nitrogen and oxygen atoms in total. The Bertz CT molecular complexity index is 614. The van der Waals surface area contributed by atoms with Crippen molar-refractivity contribution in [2.24, 2.45) is 11.8 Å². The van der Waals surface area contributed by atoms with Gasteiger partial charge in [0, 0.05) is 25.2 Å². The molecule has 1 aliphatic carbocycles. The van der Waals surface area contributed by atoms with Crippen LogP contribution in [0.3, 0.4) is 0 Å². The van der Waals surface area contributed by atoms with Crippen LogP contribution in [0, 0.1) is 11.8 Å². The van der Waals surface area contributed by atoms with Gasteiger partial charge in [-0.25, -0.2) is 0 Å². The molecule has 0 atom stereocenters. The van der Waals surface area contributed by atoms with Crippen molar-refractivity contribution in [2.75, 3.05) is 39.8 Å². The highest BCUT2D eigenvalue weighted by Gasteiger charge is 2.20. The summed E-state index contributed by atoms with van der Waals surface area (Å²) in [6.07, 6.45) is 5.32. The Hall–Kier alpha value is -2.05. The summed E-state index contributed by atoms with van der Waals surface area (Å²) in [5, 5.41) is 6.31. The molecule has 1 saturated carbocycles. The molecule has 1 amide bonds. The third-order valence-electron chi connectivity index (χ3n) is 5.82. The second-order valence-electron chi connectivity index (χ2n) is 9.61. The lowest BCUT2D eigenvalue weighted by Crippen LogP contribution is -2.40. The Morgan fingerprint density at radius 2 is 1.50 bits per heavy atom. The second-order valence-corrected chi connectivity index (χ2v) is 9.61. The number of nitrogens with zero attached hydrogens (tertiary/aromatic N) is 1. The van der Waals surface area contributed by atoms with Crippen LogP contribution >= 0.6 is 0 Å². The summed E-state index contributed by atoms with van der Waals surface area (Å²) in [6.45, 7) is 18.1.